The summed E-state index contributed by atoms with van der Waals surface area (Å²) in [4.78, 5) is 2.42. The Kier molecular flexibility index (Phi) is 13.1. The fourth-order valence-corrected chi connectivity index (χ4v) is 12.8. The van der Waals surface area contributed by atoms with E-state index in [4.69, 9.17) is 4.74 Å². The number of aromatic nitrogens is 1. The standard InChI is InChI=1S/C79H60N2O/c1-3-55-26-30-57(31-27-55)60-34-35-62-51-70(44-38-61(62)50-60)82-49-17-16-48-79(65-18-8-5-9-19-65)75-25-15-14-24-71(75)72-45-43-69(54-76(72)79)80(66-20-10-6-11-21-66)68-41-36-59(37-42-68)64-40-47-78-74(53-64)73-52-63(58-32-28-56(4-2)29-33-58)39-46-77(73)81(78)67-22-12-7-13-23-67/h3-15,18-47,50-54H,1-2,16-17,48-49H2. The van der Waals surface area contributed by atoms with E-state index >= 15 is 0 Å². The minimum atomic E-state index is -0.374. The fraction of sp³-hybridized carbons (Fsp3) is 0.0633. The van der Waals surface area contributed by atoms with Crippen LogP contribution >= 0.6 is 0 Å². The van der Waals surface area contributed by atoms with Crippen LogP contribution in [0.25, 0.3) is 94.9 Å². The molecule has 392 valence electrons. The van der Waals surface area contributed by atoms with Crippen LogP contribution in [0.3, 0.4) is 0 Å². The van der Waals surface area contributed by atoms with E-state index in [1.807, 2.05) is 12.2 Å². The van der Waals surface area contributed by atoms with Gasteiger partial charge in [-0.2, -0.15) is 0 Å². The molecule has 12 aromatic carbocycles. The molecular formula is C79H60N2O. The van der Waals surface area contributed by atoms with Gasteiger partial charge in [-0.25, -0.2) is 0 Å². The smallest absolute Gasteiger partial charge is 0.119 e. The molecule has 0 aliphatic heterocycles. The lowest BCUT2D eigenvalue weighted by Gasteiger charge is -2.34. The molecule has 0 radical (unpaired) electrons. The van der Waals surface area contributed by atoms with Crippen LogP contribution in [0.5, 0.6) is 5.75 Å². The molecular weight excluding hydrogens is 993 g/mol. The topological polar surface area (TPSA) is 17.4 Å². The van der Waals surface area contributed by atoms with Gasteiger partial charge in [0.25, 0.3) is 0 Å². The SMILES string of the molecule is C=Cc1ccc(-c2ccc3cc(OCCCCC4(c5ccccc5)c5ccccc5-c5ccc(N(c6ccccc6)c6ccc(-c7ccc8c(c7)c7cc(-c9ccc(C=C)cc9)ccc7n8-c7ccccc7)cc6)cc54)ccc3c2)cc1. The summed E-state index contributed by atoms with van der Waals surface area (Å²) in [7, 11) is 0. The first kappa shape index (κ1) is 50.0. The zero-order chi connectivity index (χ0) is 55.0. The maximum atomic E-state index is 6.54. The highest BCUT2D eigenvalue weighted by Crippen LogP contribution is 2.56. The maximum Gasteiger partial charge on any atom is 0.119 e. The summed E-state index contributed by atoms with van der Waals surface area (Å²) in [6.07, 6.45) is 6.60. The zero-order valence-electron chi connectivity index (χ0n) is 45.8. The summed E-state index contributed by atoms with van der Waals surface area (Å²) in [5.74, 6) is 0.900. The van der Waals surface area contributed by atoms with E-state index in [2.05, 4.69) is 302 Å². The Balaban J connectivity index is 0.781. The van der Waals surface area contributed by atoms with E-state index in [9.17, 15) is 0 Å². The third kappa shape index (κ3) is 9.07. The first-order valence-corrected chi connectivity index (χ1v) is 28.5. The average Bonchev–Trinajstić information content (AvgIpc) is 3.20. The van der Waals surface area contributed by atoms with Crippen LogP contribution in [0.2, 0.25) is 0 Å². The van der Waals surface area contributed by atoms with E-state index in [1.54, 1.807) is 0 Å². The van der Waals surface area contributed by atoms with Gasteiger partial charge in [-0.1, -0.05) is 213 Å². The number of unbranched alkanes of at least 4 members (excludes halogenated alkanes) is 1. The number of para-hydroxylation sites is 2. The Morgan fingerprint density at radius 3 is 1.54 bits per heavy atom. The Morgan fingerprint density at radius 2 is 0.890 bits per heavy atom. The lowest BCUT2D eigenvalue weighted by atomic mass is 9.69. The van der Waals surface area contributed by atoms with Gasteiger partial charge in [0.1, 0.15) is 5.75 Å². The van der Waals surface area contributed by atoms with Gasteiger partial charge in [0.2, 0.25) is 0 Å². The van der Waals surface area contributed by atoms with Gasteiger partial charge < -0.3 is 14.2 Å². The molecule has 1 unspecified atom stereocenters. The normalized spacial score (nSPS) is 13.5. The summed E-state index contributed by atoms with van der Waals surface area (Å²) < 4.78 is 8.93. The highest BCUT2D eigenvalue weighted by molar-refractivity contribution is 6.11. The molecule has 0 saturated heterocycles. The van der Waals surface area contributed by atoms with Gasteiger partial charge in [0, 0.05) is 38.9 Å². The fourth-order valence-electron chi connectivity index (χ4n) is 12.8. The average molecular weight is 1050 g/mol. The van der Waals surface area contributed by atoms with Crippen molar-refractivity contribution in [2.24, 2.45) is 0 Å². The molecule has 0 saturated carbocycles. The van der Waals surface area contributed by atoms with Crippen molar-refractivity contribution in [3.05, 3.63) is 320 Å². The molecule has 1 aliphatic rings. The second-order valence-corrected chi connectivity index (χ2v) is 21.6. The first-order chi connectivity index (χ1) is 40.5. The third-order valence-corrected chi connectivity index (χ3v) is 16.9. The number of ether oxygens (including phenoxy) is 1. The Bertz CT molecular complexity index is 4480. The predicted octanol–water partition coefficient (Wildman–Crippen LogP) is 21.3. The molecule has 14 rings (SSSR count). The Labute approximate surface area is 480 Å². The van der Waals surface area contributed by atoms with Crippen LogP contribution in [-0.4, -0.2) is 11.2 Å². The van der Waals surface area contributed by atoms with Gasteiger partial charge in [-0.15, -0.1) is 0 Å². The number of rotatable bonds is 16. The van der Waals surface area contributed by atoms with E-state index in [0.717, 1.165) is 64.5 Å². The molecule has 1 heterocycles. The van der Waals surface area contributed by atoms with E-state index in [0.29, 0.717) is 6.61 Å². The van der Waals surface area contributed by atoms with Crippen molar-refractivity contribution in [3.8, 4) is 55.9 Å². The predicted molar refractivity (Wildman–Crippen MR) is 347 cm³/mol. The minimum absolute atomic E-state index is 0.374. The monoisotopic (exact) mass is 1050 g/mol. The highest BCUT2D eigenvalue weighted by atomic mass is 16.5. The number of hydrogen-bond acceptors (Lipinski definition) is 2. The van der Waals surface area contributed by atoms with Crippen molar-refractivity contribution in [3.63, 3.8) is 0 Å². The molecule has 0 N–H and O–H groups in total. The van der Waals surface area contributed by atoms with E-state index < -0.39 is 0 Å². The second-order valence-electron chi connectivity index (χ2n) is 21.6. The van der Waals surface area contributed by atoms with E-state index in [-0.39, 0.29) is 5.41 Å². The van der Waals surface area contributed by atoms with Crippen LogP contribution in [0, 0.1) is 0 Å². The van der Waals surface area contributed by atoms with Crippen LogP contribution < -0.4 is 9.64 Å². The number of benzene rings is 12. The van der Waals surface area contributed by atoms with Crippen LogP contribution in [0.1, 0.15) is 47.1 Å². The molecule has 3 heteroatoms. The van der Waals surface area contributed by atoms with Crippen molar-refractivity contribution in [2.45, 2.75) is 24.7 Å². The largest absolute Gasteiger partial charge is 0.494 e. The van der Waals surface area contributed by atoms with Crippen molar-refractivity contribution >= 4 is 61.8 Å². The van der Waals surface area contributed by atoms with E-state index in [1.165, 1.54) is 88.2 Å². The highest BCUT2D eigenvalue weighted by Gasteiger charge is 2.44. The van der Waals surface area contributed by atoms with Gasteiger partial charge in [-0.3, -0.25) is 0 Å². The van der Waals surface area contributed by atoms with Crippen LogP contribution in [0.15, 0.2) is 292 Å². The lowest BCUT2D eigenvalue weighted by Crippen LogP contribution is -2.27. The van der Waals surface area contributed by atoms with Crippen molar-refractivity contribution in [1.29, 1.82) is 0 Å². The molecule has 0 spiro atoms. The third-order valence-electron chi connectivity index (χ3n) is 16.9. The summed E-state index contributed by atoms with van der Waals surface area (Å²) >= 11 is 0. The molecule has 1 atom stereocenters. The zero-order valence-corrected chi connectivity index (χ0v) is 45.8. The lowest BCUT2D eigenvalue weighted by molar-refractivity contribution is 0.301. The second kappa shape index (κ2) is 21.4. The molecule has 1 aliphatic carbocycles. The van der Waals surface area contributed by atoms with Gasteiger partial charge in [0.15, 0.2) is 0 Å². The van der Waals surface area contributed by atoms with Gasteiger partial charge in [-0.05, 0) is 193 Å². The van der Waals surface area contributed by atoms with Gasteiger partial charge in [0.05, 0.1) is 17.6 Å². The Hall–Kier alpha value is -10.2. The van der Waals surface area contributed by atoms with Crippen molar-refractivity contribution < 1.29 is 4.74 Å². The van der Waals surface area contributed by atoms with Crippen molar-refractivity contribution in [1.82, 2.24) is 4.57 Å². The summed E-state index contributed by atoms with van der Waals surface area (Å²) in [6, 6.07) is 102. The minimum Gasteiger partial charge on any atom is -0.494 e. The number of nitrogens with zero attached hydrogens (tertiary/aromatic N) is 2. The van der Waals surface area contributed by atoms with Crippen LogP contribution in [0.4, 0.5) is 17.1 Å². The quantitative estimate of drug-likeness (QED) is 0.0898. The molecule has 0 amide bonds. The molecule has 3 nitrogen and oxygen atoms in total. The summed E-state index contributed by atoms with van der Waals surface area (Å²) in [5, 5.41) is 4.81. The molecule has 82 heavy (non-hydrogen) atoms. The summed E-state index contributed by atoms with van der Waals surface area (Å²) in [6.45, 7) is 8.51. The number of fused-ring (bicyclic) bond motifs is 7. The van der Waals surface area contributed by atoms with Crippen LogP contribution in [-0.2, 0) is 5.41 Å². The summed E-state index contributed by atoms with van der Waals surface area (Å²) in [5.41, 5.74) is 22.4. The number of anilines is 3. The number of hydrogen-bond donors (Lipinski definition) is 0. The molecule has 0 bridgehead atoms. The first-order valence-electron chi connectivity index (χ1n) is 28.5. The molecule has 0 fully saturated rings. The van der Waals surface area contributed by atoms with Crippen molar-refractivity contribution in [2.75, 3.05) is 11.5 Å². The van der Waals surface area contributed by atoms with Gasteiger partial charge >= 0.3 is 0 Å². The molecule has 1 aromatic heterocycles. The maximum absolute atomic E-state index is 6.54. The Morgan fingerprint density at radius 1 is 0.390 bits per heavy atom. The molecule has 13 aromatic rings.